The van der Waals surface area contributed by atoms with Crippen LogP contribution in [0.25, 0.3) is 0 Å². The third kappa shape index (κ3) is 7.32. The van der Waals surface area contributed by atoms with E-state index in [4.69, 9.17) is 14.3 Å². The van der Waals surface area contributed by atoms with E-state index >= 15 is 0 Å². The van der Waals surface area contributed by atoms with Crippen molar-refractivity contribution in [3.8, 4) is 0 Å². The predicted octanol–water partition coefficient (Wildman–Crippen LogP) is 3.87. The van der Waals surface area contributed by atoms with Crippen LogP contribution in [0, 0.1) is 0 Å². The van der Waals surface area contributed by atoms with Crippen molar-refractivity contribution in [2.45, 2.75) is 26.4 Å². The van der Waals surface area contributed by atoms with Gasteiger partial charge >= 0.3 is 11.9 Å². The summed E-state index contributed by atoms with van der Waals surface area (Å²) in [6, 6.07) is 17.4. The lowest BCUT2D eigenvalue weighted by Crippen LogP contribution is -2.23. The number of carbonyl (C=O) groups is 2. The molecule has 2 rings (SSSR count). The maximum atomic E-state index is 12.1. The second-order valence-electron chi connectivity index (χ2n) is 6.02. The number of nitrogens with zero attached hydrogens (tertiary/aromatic N) is 1. The standard InChI is InChI=1S/C21H23NO5/c1-16(2)22-27-19(15-26-21(24)18-11-7-4-8-12-18)13-14-25-20(23)17-9-5-3-6-10-17/h3-12,19H,13-15H2,1-2H3. The fourth-order valence-electron chi connectivity index (χ4n) is 2.11. The van der Waals surface area contributed by atoms with Crippen LogP contribution in [0.15, 0.2) is 65.8 Å². The summed E-state index contributed by atoms with van der Waals surface area (Å²) in [6.45, 7) is 3.72. The smallest absolute Gasteiger partial charge is 0.338 e. The van der Waals surface area contributed by atoms with Crippen molar-refractivity contribution in [3.63, 3.8) is 0 Å². The van der Waals surface area contributed by atoms with Crippen LogP contribution in [0.3, 0.4) is 0 Å². The first-order valence-corrected chi connectivity index (χ1v) is 8.67. The average Bonchev–Trinajstić information content (AvgIpc) is 2.70. The quantitative estimate of drug-likeness (QED) is 0.381. The molecule has 0 radical (unpaired) electrons. The topological polar surface area (TPSA) is 74.2 Å². The monoisotopic (exact) mass is 369 g/mol. The Morgan fingerprint density at radius 1 is 0.852 bits per heavy atom. The van der Waals surface area contributed by atoms with Gasteiger partial charge in [0.15, 0.2) is 6.10 Å². The van der Waals surface area contributed by atoms with Gasteiger partial charge in [-0.05, 0) is 38.1 Å². The average molecular weight is 369 g/mol. The number of ether oxygens (including phenoxy) is 2. The highest BCUT2D eigenvalue weighted by Crippen LogP contribution is 2.08. The number of benzene rings is 2. The molecule has 0 spiro atoms. The molecule has 0 saturated heterocycles. The highest BCUT2D eigenvalue weighted by molar-refractivity contribution is 5.89. The van der Waals surface area contributed by atoms with E-state index in [1.807, 2.05) is 12.1 Å². The molecule has 0 N–H and O–H groups in total. The van der Waals surface area contributed by atoms with Gasteiger partial charge in [0.1, 0.15) is 6.61 Å². The van der Waals surface area contributed by atoms with Gasteiger partial charge in [-0.15, -0.1) is 0 Å². The van der Waals surface area contributed by atoms with E-state index in [0.29, 0.717) is 17.5 Å². The molecule has 0 amide bonds. The van der Waals surface area contributed by atoms with Crippen molar-refractivity contribution in [2.24, 2.45) is 5.16 Å². The molecule has 2 aromatic carbocycles. The second-order valence-corrected chi connectivity index (χ2v) is 6.02. The molecule has 0 heterocycles. The minimum atomic E-state index is -0.517. The van der Waals surface area contributed by atoms with E-state index in [9.17, 15) is 9.59 Å². The fraction of sp³-hybridized carbons (Fsp3) is 0.286. The Balaban J connectivity index is 1.85. The van der Waals surface area contributed by atoms with E-state index in [0.717, 1.165) is 5.71 Å². The minimum Gasteiger partial charge on any atom is -0.462 e. The maximum absolute atomic E-state index is 12.1. The molecule has 1 unspecified atom stereocenters. The first-order valence-electron chi connectivity index (χ1n) is 8.67. The SMILES string of the molecule is CC(C)=NOC(CCOC(=O)c1ccccc1)COC(=O)c1ccccc1. The zero-order valence-corrected chi connectivity index (χ0v) is 15.5. The molecule has 27 heavy (non-hydrogen) atoms. The second kappa shape index (κ2) is 10.8. The summed E-state index contributed by atoms with van der Waals surface area (Å²) in [6.07, 6.45) is -0.173. The van der Waals surface area contributed by atoms with Crippen LogP contribution < -0.4 is 0 Å². The molecule has 1 atom stereocenters. The summed E-state index contributed by atoms with van der Waals surface area (Å²) in [4.78, 5) is 29.4. The molecule has 0 saturated carbocycles. The summed E-state index contributed by atoms with van der Waals surface area (Å²) in [5.74, 6) is -0.853. The Labute approximate surface area is 158 Å². The largest absolute Gasteiger partial charge is 0.462 e. The van der Waals surface area contributed by atoms with Gasteiger partial charge in [0, 0.05) is 6.42 Å². The molecule has 0 fully saturated rings. The van der Waals surface area contributed by atoms with Crippen LogP contribution >= 0.6 is 0 Å². The Hall–Kier alpha value is -3.15. The van der Waals surface area contributed by atoms with E-state index in [2.05, 4.69) is 5.16 Å². The van der Waals surface area contributed by atoms with Crippen molar-refractivity contribution in [2.75, 3.05) is 13.2 Å². The van der Waals surface area contributed by atoms with E-state index in [1.165, 1.54) is 0 Å². The molecule has 6 heteroatoms. The van der Waals surface area contributed by atoms with Gasteiger partial charge in [0.2, 0.25) is 0 Å². The Morgan fingerprint density at radius 2 is 1.37 bits per heavy atom. The third-order valence-corrected chi connectivity index (χ3v) is 3.48. The van der Waals surface area contributed by atoms with Gasteiger partial charge in [-0.1, -0.05) is 41.6 Å². The highest BCUT2D eigenvalue weighted by atomic mass is 16.7. The Morgan fingerprint density at radius 3 is 1.89 bits per heavy atom. The van der Waals surface area contributed by atoms with Gasteiger partial charge in [-0.25, -0.2) is 9.59 Å². The molecule has 2 aromatic rings. The third-order valence-electron chi connectivity index (χ3n) is 3.48. The van der Waals surface area contributed by atoms with Gasteiger partial charge in [-0.3, -0.25) is 0 Å². The van der Waals surface area contributed by atoms with Crippen molar-refractivity contribution in [1.82, 2.24) is 0 Å². The number of rotatable bonds is 9. The van der Waals surface area contributed by atoms with Crippen molar-refractivity contribution in [1.29, 1.82) is 0 Å². The van der Waals surface area contributed by atoms with Crippen LogP contribution in [-0.4, -0.2) is 37.0 Å². The van der Waals surface area contributed by atoms with E-state index in [1.54, 1.807) is 62.4 Å². The molecule has 0 aliphatic rings. The summed E-state index contributed by atoms with van der Waals surface area (Å²) >= 11 is 0. The van der Waals surface area contributed by atoms with Gasteiger partial charge in [0.25, 0.3) is 0 Å². The van der Waals surface area contributed by atoms with Crippen LogP contribution in [0.5, 0.6) is 0 Å². The normalized spacial score (nSPS) is 11.2. The summed E-state index contributed by atoms with van der Waals surface area (Å²) in [5, 5.41) is 3.92. The fourth-order valence-corrected chi connectivity index (χ4v) is 2.11. The number of hydrogen-bond acceptors (Lipinski definition) is 6. The highest BCUT2D eigenvalue weighted by Gasteiger charge is 2.16. The molecular weight excluding hydrogens is 346 g/mol. The number of esters is 2. The van der Waals surface area contributed by atoms with Gasteiger partial charge in [0.05, 0.1) is 23.4 Å². The van der Waals surface area contributed by atoms with Gasteiger partial charge < -0.3 is 14.3 Å². The van der Waals surface area contributed by atoms with E-state index in [-0.39, 0.29) is 13.2 Å². The predicted molar refractivity (Wildman–Crippen MR) is 102 cm³/mol. The van der Waals surface area contributed by atoms with Crippen LogP contribution in [0.2, 0.25) is 0 Å². The minimum absolute atomic E-state index is 0.00734. The van der Waals surface area contributed by atoms with Crippen LogP contribution in [0.4, 0.5) is 0 Å². The zero-order valence-electron chi connectivity index (χ0n) is 15.5. The van der Waals surface area contributed by atoms with Crippen molar-refractivity contribution >= 4 is 17.7 Å². The summed E-state index contributed by atoms with van der Waals surface area (Å²) in [5.41, 5.74) is 1.67. The van der Waals surface area contributed by atoms with Crippen LogP contribution in [-0.2, 0) is 14.3 Å². The number of carbonyl (C=O) groups excluding carboxylic acids is 2. The lowest BCUT2D eigenvalue weighted by Gasteiger charge is -2.16. The molecule has 142 valence electrons. The first-order chi connectivity index (χ1) is 13.1. The van der Waals surface area contributed by atoms with Gasteiger partial charge in [-0.2, -0.15) is 0 Å². The van der Waals surface area contributed by atoms with Crippen molar-refractivity contribution in [3.05, 3.63) is 71.8 Å². The molecule has 0 aliphatic heterocycles. The zero-order chi connectivity index (χ0) is 19.5. The molecule has 0 aliphatic carbocycles. The molecular formula is C21H23NO5. The lowest BCUT2D eigenvalue weighted by molar-refractivity contribution is -0.0194. The van der Waals surface area contributed by atoms with Crippen LogP contribution in [0.1, 0.15) is 41.0 Å². The van der Waals surface area contributed by atoms with Crippen molar-refractivity contribution < 1.29 is 23.9 Å². The lowest BCUT2D eigenvalue weighted by atomic mass is 10.2. The number of oxime groups is 1. The maximum Gasteiger partial charge on any atom is 0.338 e. The molecule has 0 bridgehead atoms. The molecule has 6 nitrogen and oxygen atoms in total. The summed E-state index contributed by atoms with van der Waals surface area (Å²) < 4.78 is 10.5. The summed E-state index contributed by atoms with van der Waals surface area (Å²) in [7, 11) is 0. The number of hydrogen-bond donors (Lipinski definition) is 0. The first kappa shape index (κ1) is 20.2. The molecule has 0 aromatic heterocycles. The Bertz CT molecular complexity index is 755. The Kier molecular flexibility index (Phi) is 8.03. The van der Waals surface area contributed by atoms with E-state index < -0.39 is 18.0 Å².